The van der Waals surface area contributed by atoms with Gasteiger partial charge >= 0.3 is 6.03 Å². The summed E-state index contributed by atoms with van der Waals surface area (Å²) in [6, 6.07) is 3.75. The predicted molar refractivity (Wildman–Crippen MR) is 89.9 cm³/mol. The summed E-state index contributed by atoms with van der Waals surface area (Å²) < 4.78 is 5.76. The molecule has 3 heterocycles. The van der Waals surface area contributed by atoms with Gasteiger partial charge in [-0.1, -0.05) is 6.42 Å². The predicted octanol–water partition coefficient (Wildman–Crippen LogP) is 1.58. The first-order valence-corrected chi connectivity index (χ1v) is 8.80. The number of likely N-dealkylation sites (tertiary alicyclic amines) is 1. The molecule has 1 aromatic rings. The molecule has 0 spiro atoms. The van der Waals surface area contributed by atoms with Crippen LogP contribution in [0.4, 0.5) is 4.79 Å². The molecule has 7 nitrogen and oxygen atoms in total. The van der Waals surface area contributed by atoms with Crippen molar-refractivity contribution in [2.45, 2.75) is 32.2 Å². The van der Waals surface area contributed by atoms with Crippen LogP contribution in [0.5, 0.6) is 0 Å². The van der Waals surface area contributed by atoms with E-state index in [2.05, 4.69) is 22.5 Å². The number of carbonyl (C=O) groups excluding carboxylic acids is 2. The second-order valence-corrected chi connectivity index (χ2v) is 6.45. The standard InChI is InChI=1S/C17H26N4O3/c1-13(20-9-3-2-4-10-20)14-5-6-15(24-14)16(22)18-7-11-21-12-8-19-17(21)23/h5-6,13H,2-4,7-12H2,1H3,(H,18,22)(H,19,23)/t13-/m1/s1. The van der Waals surface area contributed by atoms with Gasteiger partial charge in [-0.3, -0.25) is 9.69 Å². The third-order valence-electron chi connectivity index (χ3n) is 4.81. The lowest BCUT2D eigenvalue weighted by molar-refractivity contribution is 0.0913. The maximum Gasteiger partial charge on any atom is 0.317 e. The van der Waals surface area contributed by atoms with Crippen LogP contribution in [0.1, 0.15) is 48.5 Å². The molecule has 0 radical (unpaired) electrons. The lowest BCUT2D eigenvalue weighted by Gasteiger charge is -2.31. The summed E-state index contributed by atoms with van der Waals surface area (Å²) in [7, 11) is 0. The number of carbonyl (C=O) groups is 2. The van der Waals surface area contributed by atoms with E-state index in [4.69, 9.17) is 4.42 Å². The zero-order valence-corrected chi connectivity index (χ0v) is 14.2. The van der Waals surface area contributed by atoms with Gasteiger partial charge in [-0.25, -0.2) is 4.79 Å². The zero-order valence-electron chi connectivity index (χ0n) is 14.2. The van der Waals surface area contributed by atoms with E-state index in [0.29, 0.717) is 31.9 Å². The van der Waals surface area contributed by atoms with E-state index in [0.717, 1.165) is 18.8 Å². The van der Waals surface area contributed by atoms with Crippen LogP contribution in [-0.4, -0.2) is 61.0 Å². The summed E-state index contributed by atoms with van der Waals surface area (Å²) >= 11 is 0. The third-order valence-corrected chi connectivity index (χ3v) is 4.81. The van der Waals surface area contributed by atoms with E-state index in [9.17, 15) is 9.59 Å². The van der Waals surface area contributed by atoms with E-state index < -0.39 is 0 Å². The summed E-state index contributed by atoms with van der Waals surface area (Å²) in [4.78, 5) is 27.7. The van der Waals surface area contributed by atoms with Gasteiger partial charge in [0.2, 0.25) is 0 Å². The molecule has 2 aliphatic heterocycles. The molecule has 3 rings (SSSR count). The fourth-order valence-electron chi connectivity index (χ4n) is 3.30. The number of hydrogen-bond donors (Lipinski definition) is 2. The monoisotopic (exact) mass is 334 g/mol. The lowest BCUT2D eigenvalue weighted by Crippen LogP contribution is -2.36. The summed E-state index contributed by atoms with van der Waals surface area (Å²) in [5.74, 6) is 0.937. The van der Waals surface area contributed by atoms with Crippen LogP contribution >= 0.6 is 0 Å². The Morgan fingerprint density at radius 2 is 2.08 bits per heavy atom. The average Bonchev–Trinajstić information content (AvgIpc) is 3.25. The molecule has 132 valence electrons. The molecule has 3 amide bonds. The number of piperidine rings is 1. The zero-order chi connectivity index (χ0) is 16.9. The van der Waals surface area contributed by atoms with Crippen LogP contribution in [0.3, 0.4) is 0 Å². The summed E-state index contributed by atoms with van der Waals surface area (Å²) in [6.07, 6.45) is 3.75. The SMILES string of the molecule is C[C@H](c1ccc(C(=O)NCCN2CCNC2=O)o1)N1CCCCC1. The molecule has 2 N–H and O–H groups in total. The molecule has 2 saturated heterocycles. The molecule has 24 heavy (non-hydrogen) atoms. The molecule has 0 bridgehead atoms. The quantitative estimate of drug-likeness (QED) is 0.828. The minimum absolute atomic E-state index is 0.0695. The Labute approximate surface area is 142 Å². The van der Waals surface area contributed by atoms with Gasteiger partial charge in [-0.15, -0.1) is 0 Å². The number of hydrogen-bond acceptors (Lipinski definition) is 4. The maximum absolute atomic E-state index is 12.2. The summed E-state index contributed by atoms with van der Waals surface area (Å²) in [6.45, 7) is 6.58. The van der Waals surface area contributed by atoms with Gasteiger partial charge in [0.1, 0.15) is 5.76 Å². The van der Waals surface area contributed by atoms with Crippen molar-refractivity contribution in [1.29, 1.82) is 0 Å². The van der Waals surface area contributed by atoms with E-state index in [1.54, 1.807) is 11.0 Å². The van der Waals surface area contributed by atoms with Gasteiger partial charge < -0.3 is 20.0 Å². The molecule has 2 aliphatic rings. The van der Waals surface area contributed by atoms with E-state index in [1.165, 1.54) is 19.3 Å². The molecule has 2 fully saturated rings. The van der Waals surface area contributed by atoms with Gasteiger partial charge in [-0.2, -0.15) is 0 Å². The molecule has 0 aromatic carbocycles. The molecule has 0 aliphatic carbocycles. The van der Waals surface area contributed by atoms with Crippen molar-refractivity contribution in [2.24, 2.45) is 0 Å². The lowest BCUT2D eigenvalue weighted by atomic mass is 10.1. The Morgan fingerprint density at radius 3 is 2.79 bits per heavy atom. The van der Waals surface area contributed by atoms with Crippen molar-refractivity contribution in [3.05, 3.63) is 23.7 Å². The van der Waals surface area contributed by atoms with Crippen molar-refractivity contribution >= 4 is 11.9 Å². The number of nitrogens with one attached hydrogen (secondary N) is 2. The van der Waals surface area contributed by atoms with Gasteiger partial charge in [-0.05, 0) is 45.0 Å². The summed E-state index contributed by atoms with van der Waals surface area (Å²) in [5.41, 5.74) is 0. The Bertz CT molecular complexity index is 580. The fraction of sp³-hybridized carbons (Fsp3) is 0.647. The average molecular weight is 334 g/mol. The van der Waals surface area contributed by atoms with Crippen LogP contribution in [0, 0.1) is 0 Å². The molecule has 1 aromatic heterocycles. The number of nitrogens with zero attached hydrogens (tertiary/aromatic N) is 2. The highest BCUT2D eigenvalue weighted by molar-refractivity contribution is 5.91. The molecule has 0 unspecified atom stereocenters. The van der Waals surface area contributed by atoms with Gasteiger partial charge in [0, 0.05) is 26.2 Å². The van der Waals surface area contributed by atoms with Gasteiger partial charge in [0.15, 0.2) is 5.76 Å². The first kappa shape index (κ1) is 16.8. The van der Waals surface area contributed by atoms with Crippen LogP contribution in [0.25, 0.3) is 0 Å². The molecular formula is C17H26N4O3. The van der Waals surface area contributed by atoms with E-state index >= 15 is 0 Å². The number of urea groups is 1. The highest BCUT2D eigenvalue weighted by atomic mass is 16.4. The Hall–Kier alpha value is -2.02. The highest BCUT2D eigenvalue weighted by Crippen LogP contribution is 2.25. The van der Waals surface area contributed by atoms with Crippen LogP contribution in [0.2, 0.25) is 0 Å². The number of furan rings is 1. The van der Waals surface area contributed by atoms with Crippen molar-refractivity contribution < 1.29 is 14.0 Å². The third kappa shape index (κ3) is 3.90. The molecular weight excluding hydrogens is 308 g/mol. The van der Waals surface area contributed by atoms with Crippen LogP contribution < -0.4 is 10.6 Å². The minimum atomic E-state index is -0.230. The molecule has 1 atom stereocenters. The number of rotatable bonds is 6. The van der Waals surface area contributed by atoms with Gasteiger partial charge in [0.25, 0.3) is 5.91 Å². The minimum Gasteiger partial charge on any atom is -0.454 e. The second kappa shape index (κ2) is 7.70. The van der Waals surface area contributed by atoms with Crippen molar-refractivity contribution in [2.75, 3.05) is 39.3 Å². The largest absolute Gasteiger partial charge is 0.454 e. The topological polar surface area (TPSA) is 77.8 Å². The van der Waals surface area contributed by atoms with Crippen LogP contribution in [-0.2, 0) is 0 Å². The second-order valence-electron chi connectivity index (χ2n) is 6.45. The first-order valence-electron chi connectivity index (χ1n) is 8.80. The normalized spacial score (nSPS) is 20.0. The molecule has 0 saturated carbocycles. The maximum atomic E-state index is 12.2. The van der Waals surface area contributed by atoms with Crippen molar-refractivity contribution in [3.8, 4) is 0 Å². The fourth-order valence-corrected chi connectivity index (χ4v) is 3.30. The Kier molecular flexibility index (Phi) is 5.40. The van der Waals surface area contributed by atoms with E-state index in [1.807, 2.05) is 6.07 Å². The smallest absolute Gasteiger partial charge is 0.317 e. The number of amides is 3. The summed E-state index contributed by atoms with van der Waals surface area (Å²) in [5, 5.41) is 5.55. The van der Waals surface area contributed by atoms with Crippen molar-refractivity contribution in [1.82, 2.24) is 20.4 Å². The van der Waals surface area contributed by atoms with Crippen molar-refractivity contribution in [3.63, 3.8) is 0 Å². The van der Waals surface area contributed by atoms with E-state index in [-0.39, 0.29) is 18.0 Å². The van der Waals surface area contributed by atoms with Gasteiger partial charge in [0.05, 0.1) is 6.04 Å². The first-order chi connectivity index (χ1) is 11.6. The molecule has 7 heteroatoms. The highest BCUT2D eigenvalue weighted by Gasteiger charge is 2.22. The van der Waals surface area contributed by atoms with Crippen LogP contribution in [0.15, 0.2) is 16.5 Å². The Balaban J connectivity index is 1.48. The Morgan fingerprint density at radius 1 is 1.29 bits per heavy atom.